The van der Waals surface area contributed by atoms with Crippen molar-refractivity contribution in [2.24, 2.45) is 5.92 Å². The van der Waals surface area contributed by atoms with Crippen LogP contribution in [0.5, 0.6) is 0 Å². The van der Waals surface area contributed by atoms with E-state index in [0.717, 1.165) is 39.0 Å². The first-order chi connectivity index (χ1) is 15.7. The van der Waals surface area contributed by atoms with Gasteiger partial charge in [-0.15, -0.1) is 0 Å². The molecule has 1 atom stereocenters. The summed E-state index contributed by atoms with van der Waals surface area (Å²) in [6.07, 6.45) is 7.45. The predicted octanol–water partition coefficient (Wildman–Crippen LogP) is 4.90. The highest BCUT2D eigenvalue weighted by atomic mass is 16.1. The second-order valence-electron chi connectivity index (χ2n) is 9.79. The van der Waals surface area contributed by atoms with E-state index in [2.05, 4.69) is 70.6 Å². The number of hydrogen-bond donors (Lipinski definition) is 1. The van der Waals surface area contributed by atoms with E-state index >= 15 is 0 Å². The lowest BCUT2D eigenvalue weighted by molar-refractivity contribution is -0.126. The van der Waals surface area contributed by atoms with E-state index in [1.807, 2.05) is 0 Å². The van der Waals surface area contributed by atoms with Gasteiger partial charge in [0.25, 0.3) is 0 Å². The Balaban J connectivity index is 1.26. The third-order valence-corrected chi connectivity index (χ3v) is 6.97. The van der Waals surface area contributed by atoms with Gasteiger partial charge in [-0.2, -0.15) is 0 Å². The standard InChI is InChI=1S/C28H39N3O/c1-23-11-13-24(14-12-23)20-31-17-7-10-27(22-31)28(32)29-19-25-8-6-9-26(18-25)21-30-15-4-2-3-5-16-30/h6,8-9,11-14,18,27H,2-5,7,10,15-17,19-22H2,1H3,(H,29,32). The molecule has 0 bridgehead atoms. The van der Waals surface area contributed by atoms with Gasteiger partial charge in [0.2, 0.25) is 5.91 Å². The van der Waals surface area contributed by atoms with Gasteiger partial charge in [-0.1, -0.05) is 66.9 Å². The maximum absolute atomic E-state index is 12.9. The smallest absolute Gasteiger partial charge is 0.224 e. The summed E-state index contributed by atoms with van der Waals surface area (Å²) in [5, 5.41) is 3.22. The lowest BCUT2D eigenvalue weighted by atomic mass is 9.96. The predicted molar refractivity (Wildman–Crippen MR) is 131 cm³/mol. The molecule has 2 aromatic carbocycles. The summed E-state index contributed by atoms with van der Waals surface area (Å²) >= 11 is 0. The lowest BCUT2D eigenvalue weighted by Gasteiger charge is -2.32. The highest BCUT2D eigenvalue weighted by Gasteiger charge is 2.25. The fraction of sp³-hybridized carbons (Fsp3) is 0.536. The Hall–Kier alpha value is -2.17. The maximum atomic E-state index is 12.9. The third kappa shape index (κ3) is 6.91. The number of nitrogens with zero attached hydrogens (tertiary/aromatic N) is 2. The van der Waals surface area contributed by atoms with Crippen LogP contribution < -0.4 is 5.32 Å². The van der Waals surface area contributed by atoms with Crippen LogP contribution in [0.3, 0.4) is 0 Å². The molecule has 172 valence electrons. The minimum atomic E-state index is 0.0921. The summed E-state index contributed by atoms with van der Waals surface area (Å²) in [4.78, 5) is 17.9. The molecule has 0 radical (unpaired) electrons. The second kappa shape index (κ2) is 11.6. The van der Waals surface area contributed by atoms with Gasteiger partial charge in [0.1, 0.15) is 0 Å². The van der Waals surface area contributed by atoms with Crippen molar-refractivity contribution in [3.8, 4) is 0 Å². The van der Waals surface area contributed by atoms with Gasteiger partial charge in [0, 0.05) is 26.2 Å². The molecule has 0 aromatic heterocycles. The normalized spacial score (nSPS) is 20.6. The van der Waals surface area contributed by atoms with Crippen LogP contribution in [-0.4, -0.2) is 41.9 Å². The average Bonchev–Trinajstić information content (AvgIpc) is 3.08. The molecule has 4 rings (SSSR count). The molecule has 2 fully saturated rings. The minimum absolute atomic E-state index is 0.0921. The molecule has 2 aromatic rings. The summed E-state index contributed by atoms with van der Waals surface area (Å²) in [6, 6.07) is 17.5. The number of amides is 1. The van der Waals surface area contributed by atoms with E-state index in [-0.39, 0.29) is 11.8 Å². The quantitative estimate of drug-likeness (QED) is 0.675. The van der Waals surface area contributed by atoms with Crippen LogP contribution in [-0.2, 0) is 24.4 Å². The van der Waals surface area contributed by atoms with Crippen LogP contribution in [0.25, 0.3) is 0 Å². The summed E-state index contributed by atoms with van der Waals surface area (Å²) in [5.41, 5.74) is 5.19. The molecule has 4 heteroatoms. The molecule has 2 aliphatic rings. The number of piperidine rings is 1. The van der Waals surface area contributed by atoms with Gasteiger partial charge in [-0.05, 0) is 68.9 Å². The van der Waals surface area contributed by atoms with Crippen LogP contribution in [0, 0.1) is 12.8 Å². The molecule has 2 saturated heterocycles. The van der Waals surface area contributed by atoms with Crippen molar-refractivity contribution < 1.29 is 4.79 Å². The first-order valence-electron chi connectivity index (χ1n) is 12.5. The van der Waals surface area contributed by atoms with Crippen LogP contribution in [0.1, 0.15) is 60.8 Å². The molecule has 2 aliphatic heterocycles. The van der Waals surface area contributed by atoms with Gasteiger partial charge >= 0.3 is 0 Å². The van der Waals surface area contributed by atoms with Crippen molar-refractivity contribution in [1.82, 2.24) is 15.1 Å². The summed E-state index contributed by atoms with van der Waals surface area (Å²) in [7, 11) is 0. The fourth-order valence-corrected chi connectivity index (χ4v) is 5.09. The fourth-order valence-electron chi connectivity index (χ4n) is 5.09. The van der Waals surface area contributed by atoms with Gasteiger partial charge < -0.3 is 5.32 Å². The zero-order valence-electron chi connectivity index (χ0n) is 19.7. The molecular formula is C28H39N3O. The highest BCUT2D eigenvalue weighted by molar-refractivity contribution is 5.79. The van der Waals surface area contributed by atoms with Crippen LogP contribution in [0.15, 0.2) is 48.5 Å². The number of carbonyl (C=O) groups excluding carboxylic acids is 1. The van der Waals surface area contributed by atoms with Crippen molar-refractivity contribution >= 4 is 5.91 Å². The third-order valence-electron chi connectivity index (χ3n) is 6.97. The SMILES string of the molecule is Cc1ccc(CN2CCCC(C(=O)NCc3cccc(CN4CCCCCC4)c3)C2)cc1. The Morgan fingerprint density at radius 1 is 0.844 bits per heavy atom. The number of nitrogens with one attached hydrogen (secondary N) is 1. The van der Waals surface area contributed by atoms with Gasteiger partial charge in [0.05, 0.1) is 5.92 Å². The van der Waals surface area contributed by atoms with E-state index < -0.39 is 0 Å². The summed E-state index contributed by atoms with van der Waals surface area (Å²) < 4.78 is 0. The molecule has 0 spiro atoms. The molecule has 1 amide bonds. The number of hydrogen-bond acceptors (Lipinski definition) is 3. The second-order valence-corrected chi connectivity index (χ2v) is 9.79. The number of aryl methyl sites for hydroxylation is 1. The summed E-state index contributed by atoms with van der Waals surface area (Å²) in [6.45, 7) is 9.06. The zero-order valence-corrected chi connectivity index (χ0v) is 19.7. The Bertz CT molecular complexity index is 855. The zero-order chi connectivity index (χ0) is 22.2. The number of carbonyl (C=O) groups is 1. The van der Waals surface area contributed by atoms with Crippen molar-refractivity contribution in [1.29, 1.82) is 0 Å². The Morgan fingerprint density at radius 2 is 1.53 bits per heavy atom. The number of rotatable bonds is 7. The van der Waals surface area contributed by atoms with Gasteiger partial charge in [0.15, 0.2) is 0 Å². The highest BCUT2D eigenvalue weighted by Crippen LogP contribution is 2.20. The van der Waals surface area contributed by atoms with Gasteiger partial charge in [-0.3, -0.25) is 14.6 Å². The van der Waals surface area contributed by atoms with E-state index in [1.165, 1.54) is 61.0 Å². The minimum Gasteiger partial charge on any atom is -0.352 e. The van der Waals surface area contributed by atoms with E-state index in [4.69, 9.17) is 0 Å². The monoisotopic (exact) mass is 433 g/mol. The number of benzene rings is 2. The molecular weight excluding hydrogens is 394 g/mol. The Morgan fingerprint density at radius 3 is 2.31 bits per heavy atom. The topological polar surface area (TPSA) is 35.6 Å². The van der Waals surface area contributed by atoms with E-state index in [9.17, 15) is 4.79 Å². The van der Waals surface area contributed by atoms with Crippen LogP contribution in [0.4, 0.5) is 0 Å². The summed E-state index contributed by atoms with van der Waals surface area (Å²) in [5.74, 6) is 0.297. The molecule has 32 heavy (non-hydrogen) atoms. The largest absolute Gasteiger partial charge is 0.352 e. The van der Waals surface area contributed by atoms with Crippen molar-refractivity contribution in [3.05, 3.63) is 70.8 Å². The van der Waals surface area contributed by atoms with E-state index in [1.54, 1.807) is 0 Å². The first-order valence-corrected chi connectivity index (χ1v) is 12.5. The van der Waals surface area contributed by atoms with Crippen LogP contribution >= 0.6 is 0 Å². The van der Waals surface area contributed by atoms with E-state index in [0.29, 0.717) is 6.54 Å². The molecule has 4 nitrogen and oxygen atoms in total. The van der Waals surface area contributed by atoms with Crippen molar-refractivity contribution in [3.63, 3.8) is 0 Å². The molecule has 0 saturated carbocycles. The Labute approximate surface area is 194 Å². The number of likely N-dealkylation sites (tertiary alicyclic amines) is 2. The first kappa shape index (κ1) is 23.0. The molecule has 1 unspecified atom stereocenters. The van der Waals surface area contributed by atoms with Crippen molar-refractivity contribution in [2.75, 3.05) is 26.2 Å². The van der Waals surface area contributed by atoms with Gasteiger partial charge in [-0.25, -0.2) is 0 Å². The molecule has 1 N–H and O–H groups in total. The Kier molecular flexibility index (Phi) is 8.36. The van der Waals surface area contributed by atoms with Crippen LogP contribution in [0.2, 0.25) is 0 Å². The molecule has 0 aliphatic carbocycles. The lowest BCUT2D eigenvalue weighted by Crippen LogP contribution is -2.42. The maximum Gasteiger partial charge on any atom is 0.224 e. The van der Waals surface area contributed by atoms with Crippen molar-refractivity contribution in [2.45, 2.75) is 65.1 Å². The average molecular weight is 434 g/mol. The molecule has 2 heterocycles.